The molecule has 5 rings (SSSR count). The number of likely N-dealkylation sites (tertiary alicyclic amines) is 1. The second-order valence-electron chi connectivity index (χ2n) is 9.95. The van der Waals surface area contributed by atoms with E-state index in [2.05, 4.69) is 20.5 Å². The minimum absolute atomic E-state index is 0.173. The molecular formula is C22H38N4O. The van der Waals surface area contributed by atoms with Gasteiger partial charge in [0.05, 0.1) is 0 Å². The molecule has 27 heavy (non-hydrogen) atoms. The summed E-state index contributed by atoms with van der Waals surface area (Å²) in [5.41, 5.74) is 0.640. The summed E-state index contributed by atoms with van der Waals surface area (Å²) in [5.74, 6) is 4.87. The molecule has 1 amide bonds. The van der Waals surface area contributed by atoms with E-state index in [0.717, 1.165) is 56.2 Å². The molecule has 0 aromatic rings. The van der Waals surface area contributed by atoms with Crippen LogP contribution in [0.5, 0.6) is 0 Å². The van der Waals surface area contributed by atoms with Crippen LogP contribution in [0.15, 0.2) is 4.99 Å². The number of piperidine rings is 1. The van der Waals surface area contributed by atoms with Crippen LogP contribution in [-0.4, -0.2) is 50.5 Å². The van der Waals surface area contributed by atoms with Crippen LogP contribution in [0, 0.1) is 29.1 Å². The normalized spacial score (nSPS) is 36.1. The summed E-state index contributed by atoms with van der Waals surface area (Å²) >= 11 is 0. The lowest BCUT2D eigenvalue weighted by Gasteiger charge is -2.57. The fourth-order valence-corrected chi connectivity index (χ4v) is 7.08. The zero-order valence-corrected chi connectivity index (χ0v) is 17.3. The number of nitrogens with zero attached hydrogens (tertiary/aromatic N) is 2. The van der Waals surface area contributed by atoms with Crippen molar-refractivity contribution in [1.29, 1.82) is 0 Å². The first kappa shape index (κ1) is 19.1. The van der Waals surface area contributed by atoms with E-state index in [1.54, 1.807) is 7.05 Å². The minimum Gasteiger partial charge on any atom is -0.359 e. The van der Waals surface area contributed by atoms with Crippen molar-refractivity contribution in [3.63, 3.8) is 0 Å². The van der Waals surface area contributed by atoms with Gasteiger partial charge in [-0.1, -0.05) is 0 Å². The van der Waals surface area contributed by atoms with Crippen molar-refractivity contribution in [2.24, 2.45) is 34.1 Å². The number of aliphatic imine (C=N–C) groups is 1. The maximum absolute atomic E-state index is 11.6. The van der Waals surface area contributed by atoms with Gasteiger partial charge < -0.3 is 15.5 Å². The molecule has 5 aliphatic rings. The first-order valence-corrected chi connectivity index (χ1v) is 11.3. The second-order valence-corrected chi connectivity index (χ2v) is 9.95. The van der Waals surface area contributed by atoms with Crippen molar-refractivity contribution in [1.82, 2.24) is 15.5 Å². The Hall–Kier alpha value is -1.26. The van der Waals surface area contributed by atoms with E-state index >= 15 is 0 Å². The van der Waals surface area contributed by atoms with Crippen LogP contribution in [-0.2, 0) is 4.79 Å². The molecule has 2 N–H and O–H groups in total. The van der Waals surface area contributed by atoms with Gasteiger partial charge in [-0.25, -0.2) is 0 Å². The van der Waals surface area contributed by atoms with Gasteiger partial charge in [-0.3, -0.25) is 9.79 Å². The molecule has 0 atom stereocenters. The summed E-state index contributed by atoms with van der Waals surface area (Å²) in [6.45, 7) is 3.09. The Morgan fingerprint density at radius 1 is 1.07 bits per heavy atom. The molecule has 5 heteroatoms. The summed E-state index contributed by atoms with van der Waals surface area (Å²) in [6, 6.07) is 0. The van der Waals surface area contributed by atoms with Gasteiger partial charge in [-0.2, -0.15) is 0 Å². The zero-order chi connectivity index (χ0) is 18.9. The van der Waals surface area contributed by atoms with Crippen molar-refractivity contribution in [3.05, 3.63) is 0 Å². The summed E-state index contributed by atoms with van der Waals surface area (Å²) in [4.78, 5) is 18.5. The van der Waals surface area contributed by atoms with Crippen molar-refractivity contribution < 1.29 is 4.79 Å². The first-order valence-electron chi connectivity index (χ1n) is 11.3. The first-order chi connectivity index (χ1) is 13.1. The Morgan fingerprint density at radius 3 is 2.19 bits per heavy atom. The molecule has 4 bridgehead atoms. The third kappa shape index (κ3) is 4.27. The monoisotopic (exact) mass is 374 g/mol. The van der Waals surface area contributed by atoms with Crippen LogP contribution in [0.25, 0.3) is 0 Å². The Bertz CT molecular complexity index is 529. The van der Waals surface area contributed by atoms with Crippen molar-refractivity contribution in [2.45, 2.75) is 64.2 Å². The average Bonchev–Trinajstić information content (AvgIpc) is 2.65. The molecular weight excluding hydrogens is 336 g/mol. The van der Waals surface area contributed by atoms with Crippen LogP contribution in [0.2, 0.25) is 0 Å². The van der Waals surface area contributed by atoms with Crippen LogP contribution in [0.3, 0.4) is 0 Å². The molecule has 5 nitrogen and oxygen atoms in total. The molecule has 0 aromatic heterocycles. The van der Waals surface area contributed by atoms with E-state index in [1.807, 2.05) is 7.05 Å². The number of amides is 1. The second kappa shape index (κ2) is 8.00. The highest BCUT2D eigenvalue weighted by atomic mass is 16.1. The SMILES string of the molecule is CN=C(NCCC12CC3CC(CC(C3)C1)C2)N1CCC(CC(=O)NC)CC1. The third-order valence-corrected chi connectivity index (χ3v) is 7.98. The maximum Gasteiger partial charge on any atom is 0.220 e. The van der Waals surface area contributed by atoms with Gasteiger partial charge in [0.15, 0.2) is 5.96 Å². The van der Waals surface area contributed by atoms with Gasteiger partial charge in [0.1, 0.15) is 0 Å². The molecule has 0 radical (unpaired) electrons. The molecule has 152 valence electrons. The fraction of sp³-hybridized carbons (Fsp3) is 0.909. The lowest BCUT2D eigenvalue weighted by Crippen LogP contribution is -2.49. The van der Waals surface area contributed by atoms with E-state index in [9.17, 15) is 4.79 Å². The number of nitrogens with one attached hydrogen (secondary N) is 2. The van der Waals surface area contributed by atoms with E-state index in [-0.39, 0.29) is 5.91 Å². The van der Waals surface area contributed by atoms with Gasteiger partial charge in [0, 0.05) is 40.2 Å². The van der Waals surface area contributed by atoms with Gasteiger partial charge in [0.25, 0.3) is 0 Å². The lowest BCUT2D eigenvalue weighted by molar-refractivity contribution is -0.121. The Kier molecular flexibility index (Phi) is 5.65. The highest BCUT2D eigenvalue weighted by molar-refractivity contribution is 5.80. The highest BCUT2D eigenvalue weighted by Gasteiger charge is 2.50. The number of guanidine groups is 1. The van der Waals surface area contributed by atoms with Crippen LogP contribution in [0.1, 0.15) is 64.2 Å². The molecule has 5 fully saturated rings. The van der Waals surface area contributed by atoms with E-state index in [0.29, 0.717) is 17.8 Å². The van der Waals surface area contributed by atoms with Crippen molar-refractivity contribution in [2.75, 3.05) is 33.7 Å². The molecule has 4 aliphatic carbocycles. The predicted octanol–water partition coefficient (Wildman–Crippen LogP) is 3.02. The Labute approximate surface area is 164 Å². The number of hydrogen-bond acceptors (Lipinski definition) is 2. The summed E-state index contributed by atoms with van der Waals surface area (Å²) in [5, 5.41) is 6.43. The smallest absolute Gasteiger partial charge is 0.220 e. The largest absolute Gasteiger partial charge is 0.359 e. The molecule has 1 saturated heterocycles. The van der Waals surface area contributed by atoms with Crippen LogP contribution < -0.4 is 10.6 Å². The molecule has 0 unspecified atom stereocenters. The number of carbonyl (C=O) groups is 1. The molecule has 1 aliphatic heterocycles. The lowest BCUT2D eigenvalue weighted by atomic mass is 9.49. The van der Waals surface area contributed by atoms with Crippen LogP contribution >= 0.6 is 0 Å². The Balaban J connectivity index is 1.23. The van der Waals surface area contributed by atoms with Crippen molar-refractivity contribution in [3.8, 4) is 0 Å². The van der Waals surface area contributed by atoms with E-state index < -0.39 is 0 Å². The van der Waals surface area contributed by atoms with Gasteiger partial charge in [-0.05, 0) is 86.9 Å². The van der Waals surface area contributed by atoms with E-state index in [4.69, 9.17) is 0 Å². The predicted molar refractivity (Wildman–Crippen MR) is 110 cm³/mol. The fourth-order valence-electron chi connectivity index (χ4n) is 7.08. The summed E-state index contributed by atoms with van der Waals surface area (Å²) in [6.07, 6.45) is 13.2. The van der Waals surface area contributed by atoms with Gasteiger partial charge in [0.2, 0.25) is 5.91 Å². The standard InChI is InChI=1S/C22H38N4O/c1-23-20(27)12-16-3-7-26(8-4-16)21(24-2)25-6-5-22-13-17-9-18(14-22)11-19(10-17)15-22/h16-19H,3-15H2,1-2H3,(H,23,27)(H,24,25). The zero-order valence-electron chi connectivity index (χ0n) is 17.3. The highest BCUT2D eigenvalue weighted by Crippen LogP contribution is 2.61. The van der Waals surface area contributed by atoms with E-state index in [1.165, 1.54) is 44.9 Å². The third-order valence-electron chi connectivity index (χ3n) is 7.98. The Morgan fingerprint density at radius 2 is 1.67 bits per heavy atom. The number of rotatable bonds is 5. The average molecular weight is 375 g/mol. The van der Waals surface area contributed by atoms with Crippen molar-refractivity contribution >= 4 is 11.9 Å². The van der Waals surface area contributed by atoms with Gasteiger partial charge >= 0.3 is 0 Å². The molecule has 1 heterocycles. The minimum atomic E-state index is 0.173. The summed E-state index contributed by atoms with van der Waals surface area (Å²) in [7, 11) is 3.64. The molecule has 4 saturated carbocycles. The quantitative estimate of drug-likeness (QED) is 0.574. The topological polar surface area (TPSA) is 56.7 Å². The number of carbonyl (C=O) groups excluding carboxylic acids is 1. The molecule has 0 spiro atoms. The summed E-state index contributed by atoms with van der Waals surface area (Å²) < 4.78 is 0. The number of hydrogen-bond donors (Lipinski definition) is 2. The van der Waals surface area contributed by atoms with Crippen LogP contribution in [0.4, 0.5) is 0 Å². The van der Waals surface area contributed by atoms with Gasteiger partial charge in [-0.15, -0.1) is 0 Å². The molecule has 0 aromatic carbocycles. The maximum atomic E-state index is 11.6.